The molecule has 0 saturated heterocycles. The molecule has 0 aliphatic carbocycles. The van der Waals surface area contributed by atoms with E-state index < -0.39 is 0 Å². The first-order chi connectivity index (χ1) is 15.5. The Labute approximate surface area is 194 Å². The number of benzene rings is 1. The molecule has 1 aliphatic rings. The van der Waals surface area contributed by atoms with Crippen LogP contribution in [0.3, 0.4) is 0 Å². The third kappa shape index (κ3) is 4.61. The van der Waals surface area contributed by atoms with E-state index in [1.54, 1.807) is 18.5 Å². The van der Waals surface area contributed by atoms with Crippen molar-refractivity contribution in [2.24, 2.45) is 0 Å². The summed E-state index contributed by atoms with van der Waals surface area (Å²) in [4.78, 5) is 20.9. The third-order valence-electron chi connectivity index (χ3n) is 5.69. The summed E-state index contributed by atoms with van der Waals surface area (Å²) >= 11 is 6.37. The molecule has 166 valence electrons. The molecule has 7 heteroatoms. The second kappa shape index (κ2) is 9.67. The van der Waals surface area contributed by atoms with Crippen molar-refractivity contribution in [1.82, 2.24) is 24.6 Å². The fourth-order valence-electron chi connectivity index (χ4n) is 3.99. The zero-order valence-electron chi connectivity index (χ0n) is 18.8. The molecule has 0 unspecified atom stereocenters. The van der Waals surface area contributed by atoms with E-state index in [-0.39, 0.29) is 5.91 Å². The van der Waals surface area contributed by atoms with Crippen LogP contribution < -0.4 is 0 Å². The van der Waals surface area contributed by atoms with Gasteiger partial charge in [0, 0.05) is 47.7 Å². The number of hydrogen-bond donors (Lipinski definition) is 0. The molecule has 0 bridgehead atoms. The van der Waals surface area contributed by atoms with Gasteiger partial charge in [0.15, 0.2) is 0 Å². The number of aromatic nitrogens is 3. The maximum Gasteiger partial charge on any atom is 0.246 e. The Bertz CT molecular complexity index is 1140. The van der Waals surface area contributed by atoms with Crippen LogP contribution in [0.5, 0.6) is 0 Å². The van der Waals surface area contributed by atoms with Crippen LogP contribution in [0.15, 0.2) is 54.9 Å². The quantitative estimate of drug-likeness (QED) is 0.527. The lowest BCUT2D eigenvalue weighted by Gasteiger charge is -2.27. The minimum Gasteiger partial charge on any atom is -0.331 e. The number of likely N-dealkylation sites (N-methyl/N-ethyl adjacent to an activating group) is 1. The molecule has 0 atom stereocenters. The molecule has 0 spiro atoms. The number of carbonyl (C=O) groups is 1. The van der Waals surface area contributed by atoms with Gasteiger partial charge in [0.2, 0.25) is 5.91 Å². The Balaban J connectivity index is 1.75. The molecule has 0 radical (unpaired) electrons. The van der Waals surface area contributed by atoms with Crippen molar-refractivity contribution in [3.05, 3.63) is 71.2 Å². The fourth-order valence-corrected chi connectivity index (χ4v) is 4.24. The number of aryl methyl sites for hydroxylation is 1. The normalized spacial score (nSPS) is 13.7. The van der Waals surface area contributed by atoms with E-state index in [2.05, 4.69) is 18.0 Å². The zero-order chi connectivity index (χ0) is 22.7. The minimum absolute atomic E-state index is 0.0290. The summed E-state index contributed by atoms with van der Waals surface area (Å²) in [7, 11) is 3.97. The lowest BCUT2D eigenvalue weighted by molar-refractivity contribution is -0.127. The molecule has 0 N–H and O–H groups in total. The minimum atomic E-state index is 0.0290. The van der Waals surface area contributed by atoms with Gasteiger partial charge in [0.25, 0.3) is 0 Å². The van der Waals surface area contributed by atoms with Crippen molar-refractivity contribution < 1.29 is 4.79 Å². The topological polar surface area (TPSA) is 54.3 Å². The number of rotatable bonds is 6. The highest BCUT2D eigenvalue weighted by Gasteiger charge is 2.27. The van der Waals surface area contributed by atoms with Crippen molar-refractivity contribution in [3.63, 3.8) is 0 Å². The van der Waals surface area contributed by atoms with E-state index in [1.807, 2.05) is 58.9 Å². The van der Waals surface area contributed by atoms with Gasteiger partial charge in [-0.2, -0.15) is 5.10 Å². The fraction of sp³-hybridized carbons (Fsp3) is 0.320. The van der Waals surface area contributed by atoms with E-state index in [4.69, 9.17) is 16.7 Å². The molecule has 3 heterocycles. The molecule has 4 rings (SSSR count). The zero-order valence-corrected chi connectivity index (χ0v) is 19.5. The van der Waals surface area contributed by atoms with Crippen molar-refractivity contribution >= 4 is 17.5 Å². The van der Waals surface area contributed by atoms with E-state index >= 15 is 0 Å². The summed E-state index contributed by atoms with van der Waals surface area (Å²) in [5.41, 5.74) is 6.17. The number of amides is 1. The summed E-state index contributed by atoms with van der Waals surface area (Å²) in [5.74, 6) is 0.0290. The first-order valence-corrected chi connectivity index (χ1v) is 11.2. The number of fused-ring (bicyclic) bond motifs is 1. The molecule has 1 amide bonds. The predicted molar refractivity (Wildman–Crippen MR) is 128 cm³/mol. The molecule has 6 nitrogen and oxygen atoms in total. The maximum absolute atomic E-state index is 12.8. The van der Waals surface area contributed by atoms with Gasteiger partial charge in [0.05, 0.1) is 18.8 Å². The second-order valence-corrected chi connectivity index (χ2v) is 8.62. The van der Waals surface area contributed by atoms with E-state index in [1.165, 1.54) is 0 Å². The summed E-state index contributed by atoms with van der Waals surface area (Å²) in [6.45, 7) is 4.65. The predicted octanol–water partition coefficient (Wildman–Crippen LogP) is 4.29. The van der Waals surface area contributed by atoms with E-state index in [0.29, 0.717) is 19.6 Å². The van der Waals surface area contributed by atoms with Crippen LogP contribution >= 0.6 is 11.6 Å². The monoisotopic (exact) mass is 449 g/mol. The standard InChI is InChI=1S/C25H28ClN5O/c1-4-18-16-20(7-8-21(18)26)25-24(19-9-11-27-12-10-19)22-17-30(14-15-31(22)28-25)23(32)6-5-13-29(2)3/h5-12,16H,4,13-15,17H2,1-3H3/b6-5+. The average Bonchev–Trinajstić information content (AvgIpc) is 3.18. The highest BCUT2D eigenvalue weighted by atomic mass is 35.5. The van der Waals surface area contributed by atoms with Crippen LogP contribution in [-0.4, -0.2) is 57.7 Å². The second-order valence-electron chi connectivity index (χ2n) is 8.21. The Morgan fingerprint density at radius 3 is 2.66 bits per heavy atom. The molecular weight excluding hydrogens is 422 g/mol. The van der Waals surface area contributed by atoms with Gasteiger partial charge in [-0.25, -0.2) is 0 Å². The molecule has 1 aliphatic heterocycles. The Morgan fingerprint density at radius 1 is 1.16 bits per heavy atom. The summed E-state index contributed by atoms with van der Waals surface area (Å²) in [5, 5.41) is 5.74. The number of pyridine rings is 1. The van der Waals surface area contributed by atoms with Gasteiger partial charge in [-0.05, 0) is 55.9 Å². The van der Waals surface area contributed by atoms with E-state index in [0.717, 1.165) is 51.6 Å². The molecule has 32 heavy (non-hydrogen) atoms. The summed E-state index contributed by atoms with van der Waals surface area (Å²) in [6.07, 6.45) is 8.01. The maximum atomic E-state index is 12.8. The smallest absolute Gasteiger partial charge is 0.246 e. The van der Waals surface area contributed by atoms with Crippen LogP contribution in [0.1, 0.15) is 18.2 Å². The Morgan fingerprint density at radius 2 is 1.94 bits per heavy atom. The highest BCUT2D eigenvalue weighted by Crippen LogP contribution is 2.37. The van der Waals surface area contributed by atoms with Gasteiger partial charge in [0.1, 0.15) is 5.69 Å². The first kappa shape index (κ1) is 22.2. The van der Waals surface area contributed by atoms with Crippen molar-refractivity contribution in [2.75, 3.05) is 27.2 Å². The van der Waals surface area contributed by atoms with Crippen molar-refractivity contribution in [2.45, 2.75) is 26.4 Å². The summed E-state index contributed by atoms with van der Waals surface area (Å²) < 4.78 is 2.04. The first-order valence-electron chi connectivity index (χ1n) is 10.9. The number of hydrogen-bond acceptors (Lipinski definition) is 4. The SMILES string of the molecule is CCc1cc(-c2nn3c(c2-c2ccncc2)CN(C(=O)/C=C/CN(C)C)CC3)ccc1Cl. The molecular formula is C25H28ClN5O. The number of halogens is 1. The number of carbonyl (C=O) groups excluding carboxylic acids is 1. The molecule has 0 saturated carbocycles. The Hall–Kier alpha value is -2.96. The van der Waals surface area contributed by atoms with Crippen LogP contribution in [0.25, 0.3) is 22.4 Å². The largest absolute Gasteiger partial charge is 0.331 e. The van der Waals surface area contributed by atoms with Gasteiger partial charge in [-0.3, -0.25) is 14.5 Å². The van der Waals surface area contributed by atoms with Crippen LogP contribution in [-0.2, 0) is 24.3 Å². The van der Waals surface area contributed by atoms with Crippen molar-refractivity contribution in [3.8, 4) is 22.4 Å². The van der Waals surface area contributed by atoms with Gasteiger partial charge >= 0.3 is 0 Å². The molecule has 3 aromatic rings. The van der Waals surface area contributed by atoms with E-state index in [9.17, 15) is 4.79 Å². The summed E-state index contributed by atoms with van der Waals surface area (Å²) in [6, 6.07) is 10.1. The lowest BCUT2D eigenvalue weighted by atomic mass is 9.97. The lowest BCUT2D eigenvalue weighted by Crippen LogP contribution is -2.37. The highest BCUT2D eigenvalue weighted by molar-refractivity contribution is 6.31. The number of nitrogens with zero attached hydrogens (tertiary/aromatic N) is 5. The van der Waals surface area contributed by atoms with Gasteiger partial charge in [-0.1, -0.05) is 30.7 Å². The molecule has 0 fully saturated rings. The van der Waals surface area contributed by atoms with Crippen LogP contribution in [0.2, 0.25) is 5.02 Å². The van der Waals surface area contributed by atoms with Gasteiger partial charge in [-0.15, -0.1) is 0 Å². The van der Waals surface area contributed by atoms with Gasteiger partial charge < -0.3 is 9.80 Å². The van der Waals surface area contributed by atoms with Crippen LogP contribution in [0.4, 0.5) is 0 Å². The third-order valence-corrected chi connectivity index (χ3v) is 6.06. The molecule has 1 aromatic carbocycles. The Kier molecular flexibility index (Phi) is 6.72. The molecule has 2 aromatic heterocycles. The average molecular weight is 450 g/mol. The van der Waals surface area contributed by atoms with Crippen molar-refractivity contribution in [1.29, 1.82) is 0 Å². The van der Waals surface area contributed by atoms with Crippen LogP contribution in [0, 0.1) is 0 Å².